The number of allylic oxidation sites excluding steroid dienone is 1. The molecule has 1 aliphatic heterocycles. The largest absolute Gasteiger partial charge is 0.494 e. The number of ether oxygens (including phenoxy) is 2. The summed E-state index contributed by atoms with van der Waals surface area (Å²) in [4.78, 5) is 18.2. The lowest BCUT2D eigenvalue weighted by Crippen LogP contribution is -2.32. The number of carbonyl (C=O) groups excluding carboxylic acids is 1. The van der Waals surface area contributed by atoms with Crippen LogP contribution in [-0.4, -0.2) is 33.4 Å². The lowest BCUT2D eigenvalue weighted by atomic mass is 9.95. The fourth-order valence-corrected chi connectivity index (χ4v) is 5.65. The van der Waals surface area contributed by atoms with Gasteiger partial charge in [0.15, 0.2) is 0 Å². The normalized spacial score (nSPS) is 17.8. The Labute approximate surface area is 220 Å². The first-order chi connectivity index (χ1) is 18.0. The molecule has 9 heteroatoms. The van der Waals surface area contributed by atoms with Gasteiger partial charge in [-0.05, 0) is 68.9 Å². The Hall–Kier alpha value is -3.33. The Kier molecular flexibility index (Phi) is 7.79. The molecule has 194 valence electrons. The number of benzene rings is 2. The molecule has 3 aromatic rings. The second kappa shape index (κ2) is 11.4. The van der Waals surface area contributed by atoms with Crippen molar-refractivity contribution in [3.05, 3.63) is 76.7 Å². The summed E-state index contributed by atoms with van der Waals surface area (Å²) in [5, 5.41) is 8.48. The Morgan fingerprint density at radius 2 is 1.89 bits per heavy atom. The monoisotopic (exact) mass is 522 g/mol. The van der Waals surface area contributed by atoms with E-state index in [0.29, 0.717) is 40.3 Å². The number of fused-ring (bicyclic) bond motifs is 1. The first kappa shape index (κ1) is 25.3. The van der Waals surface area contributed by atoms with Gasteiger partial charge in [0.25, 0.3) is 0 Å². The van der Waals surface area contributed by atoms with Gasteiger partial charge in [0.1, 0.15) is 23.7 Å². The summed E-state index contributed by atoms with van der Waals surface area (Å²) in [6.45, 7) is 4.37. The summed E-state index contributed by atoms with van der Waals surface area (Å²) in [6, 6.07) is 13.8. The van der Waals surface area contributed by atoms with E-state index in [-0.39, 0.29) is 17.9 Å². The van der Waals surface area contributed by atoms with Gasteiger partial charge < -0.3 is 14.8 Å². The number of esters is 1. The molecule has 1 N–H and O–H groups in total. The van der Waals surface area contributed by atoms with Gasteiger partial charge in [-0.3, -0.25) is 0 Å². The third-order valence-electron chi connectivity index (χ3n) is 6.70. The highest BCUT2D eigenvalue weighted by Gasteiger charge is 2.36. The van der Waals surface area contributed by atoms with Gasteiger partial charge in [0, 0.05) is 11.4 Å². The van der Waals surface area contributed by atoms with Gasteiger partial charge in [-0.2, -0.15) is 4.98 Å². The molecular weight excluding hydrogens is 491 g/mol. The molecule has 7 nitrogen and oxygen atoms in total. The number of anilines is 1. The maximum absolute atomic E-state index is 14.1. The molecule has 2 heterocycles. The van der Waals surface area contributed by atoms with Crippen molar-refractivity contribution in [3.8, 4) is 5.75 Å². The zero-order valence-corrected chi connectivity index (χ0v) is 21.9. The van der Waals surface area contributed by atoms with Gasteiger partial charge in [-0.1, -0.05) is 48.5 Å². The van der Waals surface area contributed by atoms with Crippen LogP contribution in [0.15, 0.2) is 65.0 Å². The molecule has 2 aliphatic rings. The van der Waals surface area contributed by atoms with Gasteiger partial charge in [-0.15, -0.1) is 5.10 Å². The Balaban J connectivity index is 1.46. The number of nitrogens with one attached hydrogen (secondary N) is 1. The number of halogens is 1. The van der Waals surface area contributed by atoms with E-state index in [9.17, 15) is 9.18 Å². The quantitative estimate of drug-likeness (QED) is 0.276. The summed E-state index contributed by atoms with van der Waals surface area (Å²) in [7, 11) is 0. The van der Waals surface area contributed by atoms with Crippen molar-refractivity contribution in [1.29, 1.82) is 0 Å². The van der Waals surface area contributed by atoms with Crippen LogP contribution in [0.2, 0.25) is 0 Å². The van der Waals surface area contributed by atoms with E-state index in [4.69, 9.17) is 14.6 Å². The van der Waals surface area contributed by atoms with E-state index in [1.165, 1.54) is 24.2 Å². The summed E-state index contributed by atoms with van der Waals surface area (Å²) < 4.78 is 27.5. The lowest BCUT2D eigenvalue weighted by molar-refractivity contribution is -0.146. The number of hydrogen-bond acceptors (Lipinski definition) is 7. The van der Waals surface area contributed by atoms with E-state index in [1.807, 2.05) is 44.2 Å². The molecule has 1 atom stereocenters. The maximum Gasteiger partial charge on any atom is 0.338 e. The number of carbonyl (C=O) groups is 1. The fourth-order valence-electron chi connectivity index (χ4n) is 4.83. The van der Waals surface area contributed by atoms with Crippen LogP contribution in [-0.2, 0) is 15.3 Å². The summed E-state index contributed by atoms with van der Waals surface area (Å²) >= 11 is 1.35. The molecule has 1 fully saturated rings. The first-order valence-electron chi connectivity index (χ1n) is 12.8. The fraction of sp³-hybridized carbons (Fsp3) is 0.393. The van der Waals surface area contributed by atoms with Crippen LogP contribution in [0.25, 0.3) is 0 Å². The molecule has 2 aromatic carbocycles. The van der Waals surface area contributed by atoms with Crippen molar-refractivity contribution in [2.45, 2.75) is 69.0 Å². The van der Waals surface area contributed by atoms with Crippen LogP contribution in [0.4, 0.5) is 10.3 Å². The number of aromatic nitrogens is 3. The minimum atomic E-state index is -0.515. The van der Waals surface area contributed by atoms with Crippen LogP contribution in [0, 0.1) is 5.82 Å². The second-order valence-electron chi connectivity index (χ2n) is 9.28. The van der Waals surface area contributed by atoms with E-state index < -0.39 is 6.04 Å². The predicted octanol–water partition coefficient (Wildman–Crippen LogP) is 6.27. The predicted molar refractivity (Wildman–Crippen MR) is 141 cm³/mol. The molecule has 1 aliphatic carbocycles. The molecule has 0 bridgehead atoms. The van der Waals surface area contributed by atoms with Gasteiger partial charge in [0.2, 0.25) is 11.1 Å². The highest BCUT2D eigenvalue weighted by Crippen LogP contribution is 2.38. The number of thioether (sulfide) groups is 1. The van der Waals surface area contributed by atoms with Crippen LogP contribution >= 0.6 is 11.8 Å². The summed E-state index contributed by atoms with van der Waals surface area (Å²) in [5.41, 5.74) is 2.65. The summed E-state index contributed by atoms with van der Waals surface area (Å²) in [5.74, 6) is 1.09. The highest BCUT2D eigenvalue weighted by atomic mass is 32.2. The molecule has 37 heavy (non-hydrogen) atoms. The Morgan fingerprint density at radius 3 is 2.62 bits per heavy atom. The molecule has 1 saturated carbocycles. The minimum Gasteiger partial charge on any atom is -0.494 e. The van der Waals surface area contributed by atoms with Crippen molar-refractivity contribution in [2.75, 3.05) is 11.9 Å². The van der Waals surface area contributed by atoms with Crippen LogP contribution in [0.5, 0.6) is 5.75 Å². The van der Waals surface area contributed by atoms with Crippen LogP contribution in [0.3, 0.4) is 0 Å². The second-order valence-corrected chi connectivity index (χ2v) is 10.2. The molecular formula is C28H31FN4O3S. The minimum absolute atomic E-state index is 0.0634. The van der Waals surface area contributed by atoms with Gasteiger partial charge >= 0.3 is 5.97 Å². The SMILES string of the molecule is CCOc1ccc(C2C(C(=O)OC3CCCCC3)=C(C)Nc3nc(SCc4ccccc4F)nn32)cc1. The molecule has 0 spiro atoms. The lowest BCUT2D eigenvalue weighted by Gasteiger charge is -2.30. The summed E-state index contributed by atoms with van der Waals surface area (Å²) in [6.07, 6.45) is 5.06. The van der Waals surface area contributed by atoms with Crippen molar-refractivity contribution < 1.29 is 18.7 Å². The first-order valence-corrected chi connectivity index (χ1v) is 13.8. The van der Waals surface area contributed by atoms with E-state index in [2.05, 4.69) is 10.3 Å². The number of hydrogen-bond donors (Lipinski definition) is 1. The van der Waals surface area contributed by atoms with E-state index in [0.717, 1.165) is 37.0 Å². The van der Waals surface area contributed by atoms with Crippen LogP contribution in [0.1, 0.15) is 63.1 Å². The third-order valence-corrected chi connectivity index (χ3v) is 7.59. The molecule has 1 unspecified atom stereocenters. The Morgan fingerprint density at radius 1 is 1.14 bits per heavy atom. The van der Waals surface area contributed by atoms with Crippen molar-refractivity contribution >= 4 is 23.7 Å². The Bertz CT molecular complexity index is 1280. The van der Waals surface area contributed by atoms with E-state index in [1.54, 1.807) is 16.8 Å². The molecule has 0 saturated heterocycles. The third kappa shape index (κ3) is 5.66. The van der Waals surface area contributed by atoms with E-state index >= 15 is 0 Å². The average Bonchev–Trinajstić information content (AvgIpc) is 3.31. The van der Waals surface area contributed by atoms with Crippen molar-refractivity contribution in [1.82, 2.24) is 14.8 Å². The molecule has 5 rings (SSSR count). The van der Waals surface area contributed by atoms with Gasteiger partial charge in [0.05, 0.1) is 12.2 Å². The number of rotatable bonds is 8. The number of nitrogens with zero attached hydrogens (tertiary/aromatic N) is 3. The molecule has 0 amide bonds. The topological polar surface area (TPSA) is 78.3 Å². The standard InChI is InChI=1S/C28H31FN4O3S/c1-3-35-21-15-13-19(14-16-21)25-24(26(34)36-22-10-5-4-6-11-22)18(2)30-27-31-28(32-33(25)27)37-17-20-9-7-8-12-23(20)29/h7-9,12-16,22,25H,3-6,10-11,17H2,1-2H3,(H,30,31,32). The van der Waals surface area contributed by atoms with Crippen molar-refractivity contribution in [2.24, 2.45) is 0 Å². The smallest absolute Gasteiger partial charge is 0.338 e. The maximum atomic E-state index is 14.1. The molecule has 0 radical (unpaired) electrons. The van der Waals surface area contributed by atoms with Gasteiger partial charge in [-0.25, -0.2) is 13.9 Å². The van der Waals surface area contributed by atoms with Crippen molar-refractivity contribution in [3.63, 3.8) is 0 Å². The zero-order valence-electron chi connectivity index (χ0n) is 21.1. The average molecular weight is 523 g/mol. The van der Waals surface area contributed by atoms with Crippen LogP contribution < -0.4 is 10.1 Å². The molecule has 1 aromatic heterocycles. The zero-order chi connectivity index (χ0) is 25.8. The highest BCUT2D eigenvalue weighted by molar-refractivity contribution is 7.98.